The first-order valence-electron chi connectivity index (χ1n) is 9.74. The van der Waals surface area contributed by atoms with Gasteiger partial charge in [0.2, 0.25) is 5.88 Å². The number of nitrogens with one attached hydrogen (secondary N) is 1. The van der Waals surface area contributed by atoms with Crippen molar-refractivity contribution in [3.05, 3.63) is 70.8 Å². The van der Waals surface area contributed by atoms with Crippen molar-refractivity contribution in [1.29, 1.82) is 0 Å². The molecule has 162 valence electrons. The van der Waals surface area contributed by atoms with Crippen molar-refractivity contribution in [2.45, 2.75) is 6.92 Å². The second-order valence-electron chi connectivity index (χ2n) is 6.59. The summed E-state index contributed by atoms with van der Waals surface area (Å²) in [6, 6.07) is 14.5. The standard InChI is InChI=1S/C23H18ClN3O4S/c1-2-30-23(29)20-16(14-7-3-5-9-17(14)24)12-32-22(20)27-19(28)11-31-21-15-8-4-6-10-18(15)25-13-26-21/h3-10,12-13H,2,11H2,1H3,(H,27,28). The number of rotatable bonds is 7. The number of esters is 1. The maximum Gasteiger partial charge on any atom is 0.341 e. The van der Waals surface area contributed by atoms with E-state index in [-0.39, 0.29) is 18.8 Å². The SMILES string of the molecule is CCOC(=O)c1c(-c2ccccc2Cl)csc1NC(=O)COc1ncnc2ccccc12. The predicted molar refractivity (Wildman–Crippen MR) is 124 cm³/mol. The minimum Gasteiger partial charge on any atom is -0.467 e. The molecule has 32 heavy (non-hydrogen) atoms. The van der Waals surface area contributed by atoms with Gasteiger partial charge in [-0.1, -0.05) is 41.9 Å². The molecular weight excluding hydrogens is 450 g/mol. The molecule has 1 amide bonds. The third-order valence-corrected chi connectivity index (χ3v) is 5.76. The minimum absolute atomic E-state index is 0.202. The van der Waals surface area contributed by atoms with Gasteiger partial charge >= 0.3 is 5.97 Å². The molecule has 0 radical (unpaired) electrons. The molecule has 7 nitrogen and oxygen atoms in total. The molecule has 0 atom stereocenters. The van der Waals surface area contributed by atoms with E-state index in [2.05, 4.69) is 15.3 Å². The lowest BCUT2D eigenvalue weighted by Crippen LogP contribution is -2.21. The van der Waals surface area contributed by atoms with E-state index >= 15 is 0 Å². The van der Waals surface area contributed by atoms with Crippen LogP contribution < -0.4 is 10.1 Å². The number of thiophene rings is 1. The highest BCUT2D eigenvalue weighted by atomic mass is 35.5. The molecular formula is C23H18ClN3O4S. The summed E-state index contributed by atoms with van der Waals surface area (Å²) in [6.45, 7) is 1.63. The molecule has 4 rings (SSSR count). The Balaban J connectivity index is 1.56. The molecule has 0 saturated carbocycles. The maximum absolute atomic E-state index is 12.7. The van der Waals surface area contributed by atoms with Crippen LogP contribution in [-0.4, -0.2) is 35.1 Å². The van der Waals surface area contributed by atoms with E-state index in [4.69, 9.17) is 21.1 Å². The zero-order chi connectivity index (χ0) is 22.5. The molecule has 0 fully saturated rings. The van der Waals surface area contributed by atoms with Gasteiger partial charge in [-0.25, -0.2) is 14.8 Å². The van der Waals surface area contributed by atoms with Crippen LogP contribution in [0.2, 0.25) is 5.02 Å². The van der Waals surface area contributed by atoms with E-state index in [0.717, 1.165) is 0 Å². The average molecular weight is 468 g/mol. The third kappa shape index (κ3) is 4.56. The summed E-state index contributed by atoms with van der Waals surface area (Å²) in [6.07, 6.45) is 1.38. The summed E-state index contributed by atoms with van der Waals surface area (Å²) in [5.74, 6) is -0.674. The molecule has 0 saturated heterocycles. The molecule has 9 heteroatoms. The van der Waals surface area contributed by atoms with Crippen molar-refractivity contribution in [2.75, 3.05) is 18.5 Å². The fourth-order valence-corrected chi connectivity index (χ4v) is 4.33. The first kappa shape index (κ1) is 21.7. The molecule has 4 aromatic rings. The summed E-state index contributed by atoms with van der Waals surface area (Å²) < 4.78 is 10.8. The molecule has 0 aliphatic rings. The quantitative estimate of drug-likeness (QED) is 0.375. The monoisotopic (exact) mass is 467 g/mol. The number of aromatic nitrogens is 2. The first-order valence-corrected chi connectivity index (χ1v) is 11.0. The molecule has 2 aromatic carbocycles. The van der Waals surface area contributed by atoms with Crippen LogP contribution in [0, 0.1) is 0 Å². The van der Waals surface area contributed by atoms with E-state index in [1.54, 1.807) is 24.4 Å². The van der Waals surface area contributed by atoms with Crippen LogP contribution in [0.4, 0.5) is 5.00 Å². The van der Waals surface area contributed by atoms with Gasteiger partial charge in [-0.05, 0) is 25.1 Å². The van der Waals surface area contributed by atoms with Crippen molar-refractivity contribution in [2.24, 2.45) is 0 Å². The van der Waals surface area contributed by atoms with E-state index in [0.29, 0.717) is 37.9 Å². The highest BCUT2D eigenvalue weighted by Gasteiger charge is 2.24. The van der Waals surface area contributed by atoms with Crippen molar-refractivity contribution in [1.82, 2.24) is 9.97 Å². The number of amides is 1. The Morgan fingerprint density at radius 3 is 2.66 bits per heavy atom. The van der Waals surface area contributed by atoms with Gasteiger partial charge in [-0.2, -0.15) is 0 Å². The second kappa shape index (κ2) is 9.76. The number of halogens is 1. The Labute approximate surface area is 193 Å². The van der Waals surface area contributed by atoms with Crippen LogP contribution >= 0.6 is 22.9 Å². The number of hydrogen-bond acceptors (Lipinski definition) is 7. The normalized spacial score (nSPS) is 10.7. The molecule has 1 N–H and O–H groups in total. The number of anilines is 1. The van der Waals surface area contributed by atoms with Gasteiger partial charge in [0.1, 0.15) is 16.9 Å². The number of para-hydroxylation sites is 1. The van der Waals surface area contributed by atoms with E-state index in [9.17, 15) is 9.59 Å². The highest BCUT2D eigenvalue weighted by molar-refractivity contribution is 7.15. The van der Waals surface area contributed by atoms with Gasteiger partial charge in [0, 0.05) is 21.5 Å². The van der Waals surface area contributed by atoms with Crippen molar-refractivity contribution >= 4 is 50.7 Å². The number of hydrogen-bond donors (Lipinski definition) is 1. The fraction of sp³-hybridized carbons (Fsp3) is 0.130. The van der Waals surface area contributed by atoms with E-state index < -0.39 is 11.9 Å². The van der Waals surface area contributed by atoms with E-state index in [1.165, 1.54) is 17.7 Å². The Morgan fingerprint density at radius 1 is 1.06 bits per heavy atom. The zero-order valence-electron chi connectivity index (χ0n) is 17.0. The average Bonchev–Trinajstić information content (AvgIpc) is 3.21. The summed E-state index contributed by atoms with van der Waals surface area (Å²) in [5, 5.41) is 6.07. The van der Waals surface area contributed by atoms with Crippen molar-refractivity contribution < 1.29 is 19.1 Å². The van der Waals surface area contributed by atoms with Crippen LogP contribution in [0.5, 0.6) is 5.88 Å². The number of fused-ring (bicyclic) bond motifs is 1. The van der Waals surface area contributed by atoms with Gasteiger partial charge in [0.05, 0.1) is 17.5 Å². The van der Waals surface area contributed by atoms with Gasteiger partial charge < -0.3 is 14.8 Å². The highest BCUT2D eigenvalue weighted by Crippen LogP contribution is 2.39. The summed E-state index contributed by atoms with van der Waals surface area (Å²) in [5.41, 5.74) is 2.24. The zero-order valence-corrected chi connectivity index (χ0v) is 18.6. The second-order valence-corrected chi connectivity index (χ2v) is 7.87. The Kier molecular flexibility index (Phi) is 6.63. The Bertz CT molecular complexity index is 1290. The third-order valence-electron chi connectivity index (χ3n) is 4.53. The van der Waals surface area contributed by atoms with Crippen LogP contribution in [0.15, 0.2) is 60.2 Å². The number of carbonyl (C=O) groups excluding carboxylic acids is 2. The first-order chi connectivity index (χ1) is 15.6. The molecule has 0 unspecified atom stereocenters. The maximum atomic E-state index is 12.7. The summed E-state index contributed by atoms with van der Waals surface area (Å²) in [4.78, 5) is 33.6. The topological polar surface area (TPSA) is 90.4 Å². The molecule has 2 aromatic heterocycles. The smallest absolute Gasteiger partial charge is 0.341 e. The van der Waals surface area contributed by atoms with Gasteiger partial charge in [-0.3, -0.25) is 4.79 Å². The number of ether oxygens (including phenoxy) is 2. The number of nitrogens with zero attached hydrogens (tertiary/aromatic N) is 2. The summed E-state index contributed by atoms with van der Waals surface area (Å²) >= 11 is 7.54. The molecule has 0 spiro atoms. The van der Waals surface area contributed by atoms with Gasteiger partial charge in [-0.15, -0.1) is 11.3 Å². The largest absolute Gasteiger partial charge is 0.467 e. The van der Waals surface area contributed by atoms with Gasteiger partial charge in [0.25, 0.3) is 5.91 Å². The fourth-order valence-electron chi connectivity index (χ4n) is 3.13. The number of benzene rings is 2. The lowest BCUT2D eigenvalue weighted by molar-refractivity contribution is -0.118. The van der Waals surface area contributed by atoms with Crippen molar-refractivity contribution in [3.63, 3.8) is 0 Å². The van der Waals surface area contributed by atoms with E-state index in [1.807, 2.05) is 36.4 Å². The minimum atomic E-state index is -0.540. The lowest BCUT2D eigenvalue weighted by Gasteiger charge is -2.10. The number of carbonyl (C=O) groups is 2. The van der Waals surface area contributed by atoms with Crippen molar-refractivity contribution in [3.8, 4) is 17.0 Å². The molecule has 0 aliphatic carbocycles. The summed E-state index contributed by atoms with van der Waals surface area (Å²) in [7, 11) is 0. The van der Waals surface area contributed by atoms with Crippen LogP contribution in [0.25, 0.3) is 22.0 Å². The lowest BCUT2D eigenvalue weighted by atomic mass is 10.0. The molecule has 0 bridgehead atoms. The van der Waals surface area contributed by atoms with Gasteiger partial charge in [0.15, 0.2) is 6.61 Å². The van der Waals surface area contributed by atoms with Crippen LogP contribution in [-0.2, 0) is 9.53 Å². The Morgan fingerprint density at radius 2 is 1.84 bits per heavy atom. The molecule has 2 heterocycles. The predicted octanol–water partition coefficient (Wildman–Crippen LogP) is 5.21. The Hall–Kier alpha value is -3.49. The van der Waals surface area contributed by atoms with Crippen LogP contribution in [0.3, 0.4) is 0 Å². The van der Waals surface area contributed by atoms with Crippen LogP contribution in [0.1, 0.15) is 17.3 Å². The molecule has 0 aliphatic heterocycles.